The number of pyridine rings is 1. The summed E-state index contributed by atoms with van der Waals surface area (Å²) in [5, 5.41) is 11.4. The van der Waals surface area contributed by atoms with Gasteiger partial charge in [0.25, 0.3) is 11.8 Å². The molecule has 2 aromatic rings. The molecule has 1 heterocycles. The van der Waals surface area contributed by atoms with Crippen molar-refractivity contribution in [2.75, 3.05) is 19.7 Å². The third kappa shape index (κ3) is 7.63. The van der Waals surface area contributed by atoms with Crippen LogP contribution in [0.2, 0.25) is 0 Å². The van der Waals surface area contributed by atoms with Gasteiger partial charge in [-0.15, -0.1) is 0 Å². The van der Waals surface area contributed by atoms with Gasteiger partial charge in [0, 0.05) is 12.7 Å². The van der Waals surface area contributed by atoms with Crippen LogP contribution in [0.5, 0.6) is 5.75 Å². The molecule has 168 valence electrons. The van der Waals surface area contributed by atoms with Gasteiger partial charge in [-0.2, -0.15) is 4.31 Å². The van der Waals surface area contributed by atoms with E-state index in [0.717, 1.165) is 4.31 Å². The van der Waals surface area contributed by atoms with Gasteiger partial charge >= 0.3 is 0 Å². The summed E-state index contributed by atoms with van der Waals surface area (Å²) in [6, 6.07) is 10.9. The van der Waals surface area contributed by atoms with E-state index in [-0.39, 0.29) is 36.4 Å². The summed E-state index contributed by atoms with van der Waals surface area (Å²) in [6.45, 7) is 3.25. The van der Waals surface area contributed by atoms with Gasteiger partial charge in [-0.25, -0.2) is 13.9 Å². The number of sulfonamides is 1. The fourth-order valence-electron chi connectivity index (χ4n) is 2.60. The highest BCUT2D eigenvalue weighted by molar-refractivity contribution is 7.89. The second kappa shape index (κ2) is 11.4. The Morgan fingerprint density at radius 3 is 2.42 bits per heavy atom. The third-order valence-electron chi connectivity index (χ3n) is 4.04. The molecule has 0 saturated carbocycles. The molecular formula is C20H26N4O6S. The summed E-state index contributed by atoms with van der Waals surface area (Å²) in [4.78, 5) is 27.5. The third-order valence-corrected chi connectivity index (χ3v) is 5.86. The summed E-state index contributed by atoms with van der Waals surface area (Å²) in [6.07, 6.45) is 1.63. The van der Waals surface area contributed by atoms with Crippen LogP contribution in [0.25, 0.3) is 0 Å². The van der Waals surface area contributed by atoms with E-state index < -0.39 is 22.5 Å². The Morgan fingerprint density at radius 1 is 1.13 bits per heavy atom. The van der Waals surface area contributed by atoms with E-state index in [9.17, 15) is 18.0 Å². The molecule has 0 saturated heterocycles. The van der Waals surface area contributed by atoms with E-state index in [0.29, 0.717) is 11.4 Å². The Kier molecular flexibility index (Phi) is 8.91. The molecule has 1 aromatic heterocycles. The minimum Gasteiger partial charge on any atom is -0.484 e. The Balaban J connectivity index is 1.97. The van der Waals surface area contributed by atoms with Crippen LogP contribution in [0.3, 0.4) is 0 Å². The van der Waals surface area contributed by atoms with Crippen molar-refractivity contribution in [2.45, 2.75) is 25.3 Å². The lowest BCUT2D eigenvalue weighted by Crippen LogP contribution is -2.41. The number of aromatic nitrogens is 1. The van der Waals surface area contributed by atoms with Crippen LogP contribution in [0.4, 0.5) is 0 Å². The molecule has 0 fully saturated rings. The maximum atomic E-state index is 12.9. The average Bonchev–Trinajstić information content (AvgIpc) is 2.76. The van der Waals surface area contributed by atoms with E-state index in [1.807, 2.05) is 19.9 Å². The van der Waals surface area contributed by atoms with E-state index in [1.54, 1.807) is 18.3 Å². The van der Waals surface area contributed by atoms with Gasteiger partial charge in [-0.3, -0.25) is 19.8 Å². The highest BCUT2D eigenvalue weighted by Gasteiger charge is 2.27. The molecule has 1 aromatic carbocycles. The number of carbonyl (C=O) groups excluding carboxylic acids is 2. The lowest BCUT2D eigenvalue weighted by Gasteiger charge is -2.23. The van der Waals surface area contributed by atoms with Crippen molar-refractivity contribution < 1.29 is 28.0 Å². The van der Waals surface area contributed by atoms with Crippen molar-refractivity contribution in [2.24, 2.45) is 5.92 Å². The van der Waals surface area contributed by atoms with Gasteiger partial charge in [-0.1, -0.05) is 19.9 Å². The topological polar surface area (TPSA) is 138 Å². The minimum atomic E-state index is -3.97. The maximum absolute atomic E-state index is 12.9. The zero-order valence-corrected chi connectivity index (χ0v) is 18.1. The molecule has 0 radical (unpaired) electrons. The highest BCUT2D eigenvalue weighted by Crippen LogP contribution is 2.20. The SMILES string of the molecule is CC(C)CN(CC(=O)NO)S(=O)(=O)c1ccc(OCC(=O)NCc2ccccn2)cc1. The van der Waals surface area contributed by atoms with Crippen LogP contribution in [0.1, 0.15) is 19.5 Å². The molecular weight excluding hydrogens is 424 g/mol. The standard InChI is InChI=1S/C20H26N4O6S/c1-15(2)12-24(13-19(25)23-27)31(28,29)18-8-6-17(7-9-18)30-14-20(26)22-11-16-5-3-4-10-21-16/h3-10,15,27H,11-14H2,1-2H3,(H,22,26)(H,23,25). The van der Waals surface area contributed by atoms with Crippen molar-refractivity contribution in [1.29, 1.82) is 0 Å². The van der Waals surface area contributed by atoms with Crippen molar-refractivity contribution in [3.05, 3.63) is 54.4 Å². The van der Waals surface area contributed by atoms with Gasteiger partial charge in [0.1, 0.15) is 5.75 Å². The molecule has 0 bridgehead atoms. The molecule has 0 spiro atoms. The van der Waals surface area contributed by atoms with E-state index in [4.69, 9.17) is 9.94 Å². The Hall–Kier alpha value is -3.02. The smallest absolute Gasteiger partial charge is 0.258 e. The number of amides is 2. The number of hydrogen-bond donors (Lipinski definition) is 3. The largest absolute Gasteiger partial charge is 0.484 e. The molecule has 10 nitrogen and oxygen atoms in total. The van der Waals surface area contributed by atoms with Crippen molar-refractivity contribution in [3.8, 4) is 5.75 Å². The number of nitrogens with one attached hydrogen (secondary N) is 2. The summed E-state index contributed by atoms with van der Waals surface area (Å²) >= 11 is 0. The van der Waals surface area contributed by atoms with Crippen LogP contribution in [0, 0.1) is 5.92 Å². The fraction of sp³-hybridized carbons (Fsp3) is 0.350. The summed E-state index contributed by atoms with van der Waals surface area (Å²) < 4.78 is 32.1. The first-order valence-corrected chi connectivity index (χ1v) is 11.0. The zero-order chi connectivity index (χ0) is 22.9. The minimum absolute atomic E-state index is 0.0338. The average molecular weight is 451 g/mol. The van der Waals surface area contributed by atoms with Gasteiger partial charge in [0.15, 0.2) is 6.61 Å². The molecule has 2 amide bonds. The van der Waals surface area contributed by atoms with Gasteiger partial charge in [0.2, 0.25) is 10.0 Å². The second-order valence-electron chi connectivity index (χ2n) is 7.08. The van der Waals surface area contributed by atoms with Gasteiger partial charge in [-0.05, 0) is 42.3 Å². The predicted octanol–water partition coefficient (Wildman–Crippen LogP) is 0.929. The monoisotopic (exact) mass is 450 g/mol. The molecule has 31 heavy (non-hydrogen) atoms. The molecule has 3 N–H and O–H groups in total. The fourth-order valence-corrected chi connectivity index (χ4v) is 4.16. The number of hydroxylamine groups is 1. The van der Waals surface area contributed by atoms with Crippen molar-refractivity contribution in [3.63, 3.8) is 0 Å². The first-order chi connectivity index (χ1) is 14.7. The van der Waals surface area contributed by atoms with Crippen LogP contribution in [-0.4, -0.2) is 54.4 Å². The van der Waals surface area contributed by atoms with E-state index >= 15 is 0 Å². The van der Waals surface area contributed by atoms with Crippen LogP contribution in [0.15, 0.2) is 53.6 Å². The summed E-state index contributed by atoms with van der Waals surface area (Å²) in [5.41, 5.74) is 2.16. The number of hydrogen-bond acceptors (Lipinski definition) is 7. The lowest BCUT2D eigenvalue weighted by molar-refractivity contribution is -0.129. The molecule has 0 aliphatic heterocycles. The number of ether oxygens (including phenoxy) is 1. The molecule has 0 unspecified atom stereocenters. The van der Waals surface area contributed by atoms with Crippen LogP contribution in [-0.2, 0) is 26.2 Å². The Labute approximate surface area is 181 Å². The highest BCUT2D eigenvalue weighted by atomic mass is 32.2. The quantitative estimate of drug-likeness (QED) is 0.342. The number of benzene rings is 1. The van der Waals surface area contributed by atoms with E-state index in [2.05, 4.69) is 10.3 Å². The lowest BCUT2D eigenvalue weighted by atomic mass is 10.2. The summed E-state index contributed by atoms with van der Waals surface area (Å²) in [7, 11) is -3.97. The van der Waals surface area contributed by atoms with Gasteiger partial charge < -0.3 is 10.1 Å². The zero-order valence-electron chi connectivity index (χ0n) is 17.3. The van der Waals surface area contributed by atoms with Gasteiger partial charge in [0.05, 0.1) is 23.7 Å². The number of carbonyl (C=O) groups is 2. The van der Waals surface area contributed by atoms with Crippen LogP contribution >= 0.6 is 0 Å². The number of rotatable bonds is 11. The van der Waals surface area contributed by atoms with Crippen molar-refractivity contribution >= 4 is 21.8 Å². The molecule has 0 aliphatic rings. The predicted molar refractivity (Wildman–Crippen MR) is 112 cm³/mol. The molecule has 0 atom stereocenters. The molecule has 0 aliphatic carbocycles. The van der Waals surface area contributed by atoms with E-state index in [1.165, 1.54) is 29.7 Å². The second-order valence-corrected chi connectivity index (χ2v) is 9.02. The first kappa shape index (κ1) is 24.3. The normalized spacial score (nSPS) is 11.4. The molecule has 2 rings (SSSR count). The molecule has 11 heteroatoms. The van der Waals surface area contributed by atoms with Crippen molar-refractivity contribution in [1.82, 2.24) is 20.1 Å². The maximum Gasteiger partial charge on any atom is 0.258 e. The first-order valence-electron chi connectivity index (χ1n) is 9.55. The Morgan fingerprint density at radius 2 is 1.84 bits per heavy atom. The number of nitrogens with zero attached hydrogens (tertiary/aromatic N) is 2. The summed E-state index contributed by atoms with van der Waals surface area (Å²) in [5.74, 6) is -0.898. The Bertz CT molecular complexity index is 965. The van der Waals surface area contributed by atoms with Crippen LogP contribution < -0.4 is 15.5 Å².